The van der Waals surface area contributed by atoms with Crippen molar-refractivity contribution in [1.82, 2.24) is 10.3 Å². The maximum Gasteiger partial charge on any atom is 0.243 e. The van der Waals surface area contributed by atoms with Crippen LogP contribution in [0.15, 0.2) is 24.4 Å². The molecular weight excluding hydrogens is 194 g/mol. The predicted molar refractivity (Wildman–Crippen MR) is 58.3 cm³/mol. The number of hydrogen-bond donors (Lipinski definition) is 2. The highest BCUT2D eigenvalue weighted by Crippen LogP contribution is 2.07. The van der Waals surface area contributed by atoms with Crippen molar-refractivity contribution in [2.45, 2.75) is 20.3 Å². The SMILES string of the molecule is C=C/C(=C\C)N(CC)C(=O)CC(=O)NN. The molecule has 0 saturated carbocycles. The van der Waals surface area contributed by atoms with Gasteiger partial charge in [-0.3, -0.25) is 15.0 Å². The van der Waals surface area contributed by atoms with Gasteiger partial charge >= 0.3 is 0 Å². The Labute approximate surface area is 89.6 Å². The van der Waals surface area contributed by atoms with Crippen LogP contribution < -0.4 is 11.3 Å². The summed E-state index contributed by atoms with van der Waals surface area (Å²) in [5.41, 5.74) is 2.61. The number of rotatable bonds is 5. The van der Waals surface area contributed by atoms with Crippen LogP contribution in [0.2, 0.25) is 0 Å². The zero-order valence-electron chi connectivity index (χ0n) is 9.12. The van der Waals surface area contributed by atoms with Gasteiger partial charge in [0.05, 0.1) is 0 Å². The maximum absolute atomic E-state index is 11.6. The molecule has 5 heteroatoms. The minimum absolute atomic E-state index is 0.254. The van der Waals surface area contributed by atoms with Crippen molar-refractivity contribution >= 4 is 11.8 Å². The molecule has 0 heterocycles. The third-order valence-electron chi connectivity index (χ3n) is 1.91. The fraction of sp³-hybridized carbons (Fsp3) is 0.400. The number of hydrazine groups is 1. The third-order valence-corrected chi connectivity index (χ3v) is 1.91. The molecule has 84 valence electrons. The summed E-state index contributed by atoms with van der Waals surface area (Å²) in [5, 5.41) is 0. The first-order chi connectivity index (χ1) is 7.10. The van der Waals surface area contributed by atoms with Crippen LogP contribution in [0.3, 0.4) is 0 Å². The molecule has 0 rings (SSSR count). The Morgan fingerprint density at radius 2 is 2.13 bits per heavy atom. The number of likely N-dealkylation sites (N-methyl/N-ethyl adjacent to an activating group) is 1. The van der Waals surface area contributed by atoms with Crippen LogP contribution in [-0.4, -0.2) is 23.3 Å². The van der Waals surface area contributed by atoms with Crippen LogP contribution in [0, 0.1) is 0 Å². The molecule has 0 aliphatic carbocycles. The second-order valence-electron chi connectivity index (χ2n) is 2.80. The second kappa shape index (κ2) is 6.78. The van der Waals surface area contributed by atoms with Gasteiger partial charge in [0.15, 0.2) is 0 Å². The minimum atomic E-state index is -0.502. The molecule has 3 N–H and O–H groups in total. The van der Waals surface area contributed by atoms with Gasteiger partial charge in [-0.1, -0.05) is 12.7 Å². The normalized spacial score (nSPS) is 10.7. The lowest BCUT2D eigenvalue weighted by Gasteiger charge is -2.21. The Balaban J connectivity index is 4.61. The minimum Gasteiger partial charge on any atom is -0.313 e. The lowest BCUT2D eigenvalue weighted by Crippen LogP contribution is -2.37. The van der Waals surface area contributed by atoms with E-state index in [1.165, 1.54) is 4.90 Å². The Kier molecular flexibility index (Phi) is 6.05. The molecule has 0 spiro atoms. The van der Waals surface area contributed by atoms with Crippen molar-refractivity contribution in [3.63, 3.8) is 0 Å². The largest absolute Gasteiger partial charge is 0.313 e. The van der Waals surface area contributed by atoms with Crippen molar-refractivity contribution in [2.24, 2.45) is 5.84 Å². The average molecular weight is 211 g/mol. The summed E-state index contributed by atoms with van der Waals surface area (Å²) in [6, 6.07) is 0. The summed E-state index contributed by atoms with van der Waals surface area (Å²) < 4.78 is 0. The lowest BCUT2D eigenvalue weighted by molar-refractivity contribution is -0.134. The van der Waals surface area contributed by atoms with Crippen LogP contribution in [-0.2, 0) is 9.59 Å². The van der Waals surface area contributed by atoms with Crippen LogP contribution in [0.4, 0.5) is 0 Å². The van der Waals surface area contributed by atoms with Crippen LogP contribution in [0.25, 0.3) is 0 Å². The highest BCUT2D eigenvalue weighted by atomic mass is 16.2. The molecule has 0 aromatic rings. The van der Waals surface area contributed by atoms with Gasteiger partial charge in [-0.25, -0.2) is 5.84 Å². The molecule has 0 unspecified atom stereocenters. The molecule has 0 atom stereocenters. The van der Waals surface area contributed by atoms with E-state index in [-0.39, 0.29) is 12.3 Å². The summed E-state index contributed by atoms with van der Waals surface area (Å²) >= 11 is 0. The number of amides is 2. The predicted octanol–water partition coefficient (Wildman–Crippen LogP) is 0.305. The van der Waals surface area contributed by atoms with Gasteiger partial charge in [0, 0.05) is 12.2 Å². The number of carbonyl (C=O) groups is 2. The maximum atomic E-state index is 11.6. The molecule has 0 radical (unpaired) electrons. The molecule has 0 bridgehead atoms. The Bertz CT molecular complexity index is 284. The van der Waals surface area contributed by atoms with E-state index in [4.69, 9.17) is 5.84 Å². The quantitative estimate of drug-likeness (QED) is 0.226. The van der Waals surface area contributed by atoms with Crippen molar-refractivity contribution in [3.05, 3.63) is 24.4 Å². The van der Waals surface area contributed by atoms with Gasteiger partial charge in [-0.15, -0.1) is 0 Å². The van der Waals surface area contributed by atoms with Crippen molar-refractivity contribution in [1.29, 1.82) is 0 Å². The van der Waals surface area contributed by atoms with Gasteiger partial charge in [-0.05, 0) is 19.9 Å². The Hall–Kier alpha value is -1.62. The van der Waals surface area contributed by atoms with E-state index in [0.717, 1.165) is 0 Å². The van der Waals surface area contributed by atoms with Gasteiger partial charge in [0.1, 0.15) is 6.42 Å². The van der Waals surface area contributed by atoms with E-state index in [2.05, 4.69) is 6.58 Å². The lowest BCUT2D eigenvalue weighted by atomic mass is 10.3. The molecule has 0 aromatic heterocycles. The topological polar surface area (TPSA) is 75.4 Å². The number of allylic oxidation sites excluding steroid dienone is 2. The molecule has 0 fully saturated rings. The average Bonchev–Trinajstić information content (AvgIpc) is 2.24. The molecule has 0 aliphatic rings. The molecule has 5 nitrogen and oxygen atoms in total. The zero-order valence-corrected chi connectivity index (χ0v) is 9.12. The van der Waals surface area contributed by atoms with Crippen LogP contribution >= 0.6 is 0 Å². The Morgan fingerprint density at radius 3 is 2.47 bits per heavy atom. The van der Waals surface area contributed by atoms with E-state index >= 15 is 0 Å². The number of nitrogens with zero attached hydrogens (tertiary/aromatic N) is 1. The van der Waals surface area contributed by atoms with E-state index in [1.807, 2.05) is 12.3 Å². The molecular formula is C10H17N3O2. The molecule has 15 heavy (non-hydrogen) atoms. The highest BCUT2D eigenvalue weighted by Gasteiger charge is 2.16. The van der Waals surface area contributed by atoms with Gasteiger partial charge in [0.25, 0.3) is 0 Å². The monoisotopic (exact) mass is 211 g/mol. The van der Waals surface area contributed by atoms with Crippen LogP contribution in [0.5, 0.6) is 0 Å². The van der Waals surface area contributed by atoms with E-state index < -0.39 is 5.91 Å². The summed E-state index contributed by atoms with van der Waals surface area (Å²) in [5.74, 6) is 4.10. The molecule has 2 amide bonds. The fourth-order valence-electron chi connectivity index (χ4n) is 1.17. The summed E-state index contributed by atoms with van der Waals surface area (Å²) in [4.78, 5) is 24.0. The van der Waals surface area contributed by atoms with Crippen molar-refractivity contribution in [3.8, 4) is 0 Å². The van der Waals surface area contributed by atoms with Crippen molar-refractivity contribution in [2.75, 3.05) is 6.54 Å². The molecule has 0 saturated heterocycles. The van der Waals surface area contributed by atoms with Gasteiger partial charge < -0.3 is 4.90 Å². The summed E-state index contributed by atoms with van der Waals surface area (Å²) in [6.07, 6.45) is 3.08. The smallest absolute Gasteiger partial charge is 0.243 e. The Morgan fingerprint density at radius 1 is 1.53 bits per heavy atom. The molecule has 0 aliphatic heterocycles. The van der Waals surface area contributed by atoms with Gasteiger partial charge in [-0.2, -0.15) is 0 Å². The van der Waals surface area contributed by atoms with Crippen LogP contribution in [0.1, 0.15) is 20.3 Å². The highest BCUT2D eigenvalue weighted by molar-refractivity contribution is 5.97. The van der Waals surface area contributed by atoms with E-state index in [1.54, 1.807) is 19.1 Å². The zero-order chi connectivity index (χ0) is 11.8. The second-order valence-corrected chi connectivity index (χ2v) is 2.80. The number of hydrogen-bond acceptors (Lipinski definition) is 3. The first kappa shape index (κ1) is 13.4. The van der Waals surface area contributed by atoms with Crippen molar-refractivity contribution < 1.29 is 9.59 Å². The first-order valence-corrected chi connectivity index (χ1v) is 4.69. The third kappa shape index (κ3) is 3.95. The number of nitrogens with two attached hydrogens (primary N) is 1. The van der Waals surface area contributed by atoms with E-state index in [0.29, 0.717) is 12.2 Å². The number of carbonyl (C=O) groups excluding carboxylic acids is 2. The standard InChI is InChI=1S/C10H17N3O2/c1-4-8(5-2)13(6-3)10(15)7-9(14)12-11/h4-5H,1,6-7,11H2,2-3H3,(H,12,14)/b8-5+. The first-order valence-electron chi connectivity index (χ1n) is 4.69. The number of nitrogens with one attached hydrogen (secondary N) is 1. The summed E-state index contributed by atoms with van der Waals surface area (Å²) in [6.45, 7) is 7.71. The molecule has 0 aromatic carbocycles. The van der Waals surface area contributed by atoms with Gasteiger partial charge in [0.2, 0.25) is 11.8 Å². The summed E-state index contributed by atoms with van der Waals surface area (Å²) in [7, 11) is 0. The van der Waals surface area contributed by atoms with E-state index in [9.17, 15) is 9.59 Å². The fourth-order valence-corrected chi connectivity index (χ4v) is 1.17.